The average molecular weight is 336 g/mol. The van der Waals surface area contributed by atoms with Crippen molar-refractivity contribution in [2.24, 2.45) is 5.92 Å². The lowest BCUT2D eigenvalue weighted by Crippen LogP contribution is -2.30. The highest BCUT2D eigenvalue weighted by Gasteiger charge is 2.36. The van der Waals surface area contributed by atoms with Crippen molar-refractivity contribution in [1.29, 1.82) is 0 Å². The molecule has 23 heavy (non-hydrogen) atoms. The van der Waals surface area contributed by atoms with Gasteiger partial charge in [0.1, 0.15) is 0 Å². The Morgan fingerprint density at radius 1 is 1.39 bits per heavy atom. The summed E-state index contributed by atoms with van der Waals surface area (Å²) in [4.78, 5) is 39.7. The molecule has 2 rings (SSSR count). The summed E-state index contributed by atoms with van der Waals surface area (Å²) in [5.74, 6) is -1.43. The molecule has 0 unspecified atom stereocenters. The number of nitrogens with zero attached hydrogens (tertiary/aromatic N) is 2. The maximum absolute atomic E-state index is 12.2. The molecule has 0 saturated carbocycles. The summed E-state index contributed by atoms with van der Waals surface area (Å²) >= 11 is 1.59. The molecule has 1 aromatic rings. The average Bonchev–Trinajstić information content (AvgIpc) is 2.94. The van der Waals surface area contributed by atoms with Crippen LogP contribution in [0.2, 0.25) is 0 Å². The Balaban J connectivity index is 1.99. The molecular weight excluding hydrogens is 316 g/mol. The SMILES string of the molecule is CSc1cccc(N2C[C@H](C(=O)OCC(=O)N(C)C)CC2=O)c1. The van der Waals surface area contributed by atoms with Crippen molar-refractivity contribution in [3.8, 4) is 0 Å². The molecule has 6 nitrogen and oxygen atoms in total. The zero-order valence-corrected chi connectivity index (χ0v) is 14.3. The smallest absolute Gasteiger partial charge is 0.311 e. The molecule has 1 fully saturated rings. The number of hydrogen-bond donors (Lipinski definition) is 0. The quantitative estimate of drug-likeness (QED) is 0.600. The van der Waals surface area contributed by atoms with E-state index < -0.39 is 11.9 Å². The minimum atomic E-state index is -0.532. The second-order valence-corrected chi connectivity index (χ2v) is 6.38. The van der Waals surface area contributed by atoms with Crippen LogP contribution >= 0.6 is 11.8 Å². The lowest BCUT2D eigenvalue weighted by atomic mass is 10.1. The van der Waals surface area contributed by atoms with E-state index in [9.17, 15) is 14.4 Å². The number of ether oxygens (including phenoxy) is 1. The number of hydrogen-bond acceptors (Lipinski definition) is 5. The van der Waals surface area contributed by atoms with Gasteiger partial charge in [0.05, 0.1) is 5.92 Å². The second kappa shape index (κ2) is 7.50. The third-order valence-corrected chi connectivity index (χ3v) is 4.39. The molecule has 1 aliphatic rings. The number of esters is 1. The topological polar surface area (TPSA) is 66.9 Å². The number of likely N-dealkylation sites (N-methyl/N-ethyl adjacent to an activating group) is 1. The zero-order chi connectivity index (χ0) is 17.0. The lowest BCUT2D eigenvalue weighted by molar-refractivity contribution is -0.154. The maximum Gasteiger partial charge on any atom is 0.311 e. The number of thioether (sulfide) groups is 1. The molecule has 1 atom stereocenters. The van der Waals surface area contributed by atoms with Crippen LogP contribution in [0, 0.1) is 5.92 Å². The molecule has 1 heterocycles. The van der Waals surface area contributed by atoms with Gasteiger partial charge in [0.2, 0.25) is 5.91 Å². The van der Waals surface area contributed by atoms with Crippen LogP contribution in [0.25, 0.3) is 0 Å². The van der Waals surface area contributed by atoms with Crippen LogP contribution in [0.1, 0.15) is 6.42 Å². The Hall–Kier alpha value is -2.02. The van der Waals surface area contributed by atoms with Crippen LogP contribution < -0.4 is 4.90 Å². The molecule has 0 N–H and O–H groups in total. The molecule has 0 aromatic heterocycles. The summed E-state index contributed by atoms with van der Waals surface area (Å²) in [7, 11) is 3.19. The summed E-state index contributed by atoms with van der Waals surface area (Å²) in [6.45, 7) is -0.00978. The standard InChI is InChI=1S/C16H20N2O4S/c1-17(2)15(20)10-22-16(21)11-7-14(19)18(9-11)12-5-4-6-13(8-12)23-3/h4-6,8,11H,7,9-10H2,1-3H3/t11-/m1/s1. The van der Waals surface area contributed by atoms with Crippen molar-refractivity contribution in [1.82, 2.24) is 4.90 Å². The molecule has 0 radical (unpaired) electrons. The van der Waals surface area contributed by atoms with E-state index in [1.807, 2.05) is 30.5 Å². The Bertz CT molecular complexity index is 618. The Morgan fingerprint density at radius 3 is 2.78 bits per heavy atom. The van der Waals surface area contributed by atoms with Gasteiger partial charge in [-0.3, -0.25) is 14.4 Å². The van der Waals surface area contributed by atoms with Gasteiger partial charge >= 0.3 is 5.97 Å². The molecule has 7 heteroatoms. The number of benzene rings is 1. The molecule has 0 aliphatic carbocycles. The van der Waals surface area contributed by atoms with Gasteiger partial charge in [-0.2, -0.15) is 0 Å². The largest absolute Gasteiger partial charge is 0.455 e. The number of carbonyl (C=O) groups excluding carboxylic acids is 3. The summed E-state index contributed by atoms with van der Waals surface area (Å²) < 4.78 is 5.01. The van der Waals surface area contributed by atoms with E-state index in [0.29, 0.717) is 0 Å². The maximum atomic E-state index is 12.2. The second-order valence-electron chi connectivity index (χ2n) is 5.50. The Kier molecular flexibility index (Phi) is 5.65. The monoisotopic (exact) mass is 336 g/mol. The zero-order valence-electron chi connectivity index (χ0n) is 13.4. The van der Waals surface area contributed by atoms with E-state index in [1.165, 1.54) is 4.90 Å². The predicted molar refractivity (Wildman–Crippen MR) is 88.3 cm³/mol. The van der Waals surface area contributed by atoms with Gasteiger partial charge in [-0.1, -0.05) is 6.07 Å². The van der Waals surface area contributed by atoms with Crippen molar-refractivity contribution in [3.63, 3.8) is 0 Å². The predicted octanol–water partition coefficient (Wildman–Crippen LogP) is 1.39. The van der Waals surface area contributed by atoms with Crippen LogP contribution in [0.5, 0.6) is 0 Å². The van der Waals surface area contributed by atoms with Crippen LogP contribution in [-0.2, 0) is 19.1 Å². The van der Waals surface area contributed by atoms with E-state index >= 15 is 0 Å². The first-order valence-electron chi connectivity index (χ1n) is 7.23. The van der Waals surface area contributed by atoms with Crippen LogP contribution in [0.3, 0.4) is 0 Å². The minimum absolute atomic E-state index is 0.107. The molecule has 2 amide bonds. The highest BCUT2D eigenvalue weighted by molar-refractivity contribution is 7.98. The number of rotatable bonds is 5. The highest BCUT2D eigenvalue weighted by atomic mass is 32.2. The van der Waals surface area contributed by atoms with Crippen molar-refractivity contribution in [3.05, 3.63) is 24.3 Å². The van der Waals surface area contributed by atoms with Gasteiger partial charge in [-0.15, -0.1) is 11.8 Å². The molecule has 1 aromatic carbocycles. The number of carbonyl (C=O) groups is 3. The fourth-order valence-corrected chi connectivity index (χ4v) is 2.73. The van der Waals surface area contributed by atoms with Crippen molar-refractivity contribution >= 4 is 35.2 Å². The number of anilines is 1. The normalized spacial score (nSPS) is 17.3. The van der Waals surface area contributed by atoms with Crippen molar-refractivity contribution in [2.45, 2.75) is 11.3 Å². The third kappa shape index (κ3) is 4.25. The van der Waals surface area contributed by atoms with Crippen molar-refractivity contribution < 1.29 is 19.1 Å². The Labute approximate surface area is 139 Å². The molecular formula is C16H20N2O4S. The van der Waals surface area contributed by atoms with Crippen molar-refractivity contribution in [2.75, 3.05) is 38.4 Å². The fourth-order valence-electron chi connectivity index (χ4n) is 2.27. The molecule has 0 spiro atoms. The Morgan fingerprint density at radius 2 is 2.13 bits per heavy atom. The van der Waals surface area contributed by atoms with Gasteiger partial charge < -0.3 is 14.5 Å². The summed E-state index contributed by atoms with van der Waals surface area (Å²) in [5.41, 5.74) is 0.779. The summed E-state index contributed by atoms with van der Waals surface area (Å²) in [6.07, 6.45) is 2.07. The first kappa shape index (κ1) is 17.3. The van der Waals surface area contributed by atoms with Gasteiger partial charge in [0.25, 0.3) is 5.91 Å². The van der Waals surface area contributed by atoms with E-state index in [0.717, 1.165) is 10.6 Å². The molecule has 0 bridgehead atoms. The van der Waals surface area contributed by atoms with Gasteiger partial charge in [-0.05, 0) is 24.5 Å². The van der Waals surface area contributed by atoms with Gasteiger partial charge in [0, 0.05) is 37.6 Å². The third-order valence-electron chi connectivity index (χ3n) is 3.66. The summed E-state index contributed by atoms with van der Waals surface area (Å²) in [6, 6.07) is 7.62. The molecule has 124 valence electrons. The van der Waals surface area contributed by atoms with E-state index in [-0.39, 0.29) is 31.4 Å². The highest BCUT2D eigenvalue weighted by Crippen LogP contribution is 2.28. The van der Waals surface area contributed by atoms with Crippen LogP contribution in [0.15, 0.2) is 29.2 Å². The lowest BCUT2D eigenvalue weighted by Gasteiger charge is -2.17. The van der Waals surface area contributed by atoms with E-state index in [4.69, 9.17) is 4.74 Å². The number of amides is 2. The fraction of sp³-hybridized carbons (Fsp3) is 0.438. The van der Waals surface area contributed by atoms with Gasteiger partial charge in [0.15, 0.2) is 6.61 Å². The van der Waals surface area contributed by atoms with E-state index in [1.54, 1.807) is 30.8 Å². The first-order chi connectivity index (χ1) is 10.9. The molecule has 1 aliphatic heterocycles. The van der Waals surface area contributed by atoms with Crippen LogP contribution in [-0.4, -0.2) is 56.2 Å². The minimum Gasteiger partial charge on any atom is -0.455 e. The first-order valence-corrected chi connectivity index (χ1v) is 8.46. The summed E-state index contributed by atoms with van der Waals surface area (Å²) in [5, 5.41) is 0. The van der Waals surface area contributed by atoms with E-state index in [2.05, 4.69) is 0 Å². The van der Waals surface area contributed by atoms with Gasteiger partial charge in [-0.25, -0.2) is 0 Å². The van der Waals surface area contributed by atoms with Crippen LogP contribution in [0.4, 0.5) is 5.69 Å². The molecule has 1 saturated heterocycles.